The van der Waals surface area contributed by atoms with Crippen molar-refractivity contribution in [2.75, 3.05) is 18.6 Å². The van der Waals surface area contributed by atoms with Crippen molar-refractivity contribution in [1.82, 2.24) is 0 Å². The Bertz CT molecular complexity index is 384. The van der Waals surface area contributed by atoms with Gasteiger partial charge in [0.2, 0.25) is 0 Å². The lowest BCUT2D eigenvalue weighted by atomic mass is 10.1. The van der Waals surface area contributed by atoms with Crippen LogP contribution in [0.2, 0.25) is 0 Å². The fourth-order valence-electron chi connectivity index (χ4n) is 0.899. The number of carbonyl (C=O) groups is 4. The Balaban J connectivity index is -0.0000000870. The monoisotopic (exact) mass is 464 g/mol. The van der Waals surface area contributed by atoms with Gasteiger partial charge in [-0.2, -0.15) is 0 Å². The highest BCUT2D eigenvalue weighted by molar-refractivity contribution is 6.40. The number of carbonyl (C=O) groups excluding carboxylic acids is 3. The van der Waals surface area contributed by atoms with Crippen molar-refractivity contribution in [2.24, 2.45) is 11.8 Å². The minimum atomic E-state index is -0.833. The molecule has 0 spiro atoms. The van der Waals surface area contributed by atoms with Crippen molar-refractivity contribution in [3.05, 3.63) is 0 Å². The van der Waals surface area contributed by atoms with E-state index >= 15 is 0 Å². The molecule has 0 saturated heterocycles. The number of halogens is 2. The van der Waals surface area contributed by atoms with Crippen LogP contribution in [0.3, 0.4) is 0 Å². The molecule has 10 heteroatoms. The van der Waals surface area contributed by atoms with Crippen molar-refractivity contribution >= 4 is 47.1 Å². The largest absolute Gasteiger partial charge is 0.481 e. The molecule has 176 valence electrons. The average molecular weight is 465 g/mol. The third-order valence-electron chi connectivity index (χ3n) is 1.99. The fraction of sp³-hybridized carbons (Fsp3) is 0.789. The number of aliphatic carboxylic acids is 1. The number of aliphatic hydroxyl groups is 1. The van der Waals surface area contributed by atoms with Crippen molar-refractivity contribution in [3.63, 3.8) is 0 Å². The molecule has 8 nitrogen and oxygen atoms in total. The van der Waals surface area contributed by atoms with E-state index < -0.39 is 17.9 Å². The number of rotatable bonds is 5. The van der Waals surface area contributed by atoms with E-state index in [1.807, 2.05) is 0 Å². The Morgan fingerprint density at radius 3 is 1.21 bits per heavy atom. The zero-order chi connectivity index (χ0) is 24.4. The molecule has 0 aromatic carbocycles. The quantitative estimate of drug-likeness (QED) is 0.351. The lowest BCUT2D eigenvalue weighted by molar-refractivity contribution is -0.156. The van der Waals surface area contributed by atoms with Crippen LogP contribution in [0.15, 0.2) is 0 Å². The summed E-state index contributed by atoms with van der Waals surface area (Å²) in [5, 5.41) is 15.8. The molecule has 0 atom stereocenters. The third kappa shape index (κ3) is 120. The minimum Gasteiger partial charge on any atom is -0.481 e. The lowest BCUT2D eigenvalue weighted by Gasteiger charge is -2.02. The number of alkyl halides is 2. The topological polar surface area (TPSA) is 127 Å². The second-order valence-corrected chi connectivity index (χ2v) is 6.94. The summed E-state index contributed by atoms with van der Waals surface area (Å²) < 4.78 is 8.69. The van der Waals surface area contributed by atoms with E-state index in [-0.39, 0.29) is 11.3 Å². The standard InChI is InChI=1S/C7H14O2.C5H12O.C4H6O3.C2H4O2.CH2Cl2/c1-6(2)4-5-9-7(3)8;1-5(2)3-4-6;1-3(5)7-4(2)6;1-2(3)4;2-1-3/h6H,4-5H2,1-3H3;5-6H,3-4H2,1-2H3;1-2H3;1H3,(H,3,4);1H2. The van der Waals surface area contributed by atoms with Gasteiger partial charge in [-0.3, -0.25) is 19.2 Å². The van der Waals surface area contributed by atoms with Gasteiger partial charge in [0, 0.05) is 34.3 Å². The Hall–Kier alpha value is -1.38. The fourth-order valence-corrected chi connectivity index (χ4v) is 0.899. The van der Waals surface area contributed by atoms with E-state index in [1.165, 1.54) is 20.8 Å². The molecule has 0 radical (unpaired) electrons. The maximum Gasteiger partial charge on any atom is 0.310 e. The van der Waals surface area contributed by atoms with Crippen LogP contribution in [-0.2, 0) is 28.7 Å². The predicted molar refractivity (Wildman–Crippen MR) is 115 cm³/mol. The molecule has 0 aliphatic carbocycles. The summed E-state index contributed by atoms with van der Waals surface area (Å²) in [6.07, 6.45) is 1.89. The van der Waals surface area contributed by atoms with Crippen LogP contribution >= 0.6 is 23.2 Å². The zero-order valence-electron chi connectivity index (χ0n) is 18.8. The number of aliphatic hydroxyl groups excluding tert-OH is 1. The van der Waals surface area contributed by atoms with Gasteiger partial charge in [0.05, 0.1) is 11.9 Å². The average Bonchev–Trinajstić information content (AvgIpc) is 2.46. The molecule has 29 heavy (non-hydrogen) atoms. The molecular formula is C19H38Cl2O8. The molecule has 0 amide bonds. The minimum absolute atomic E-state index is 0.185. The van der Waals surface area contributed by atoms with Gasteiger partial charge in [0.1, 0.15) is 0 Å². The van der Waals surface area contributed by atoms with Crippen molar-refractivity contribution in [1.29, 1.82) is 0 Å². The first-order valence-corrected chi connectivity index (χ1v) is 9.99. The maximum absolute atomic E-state index is 10.2. The molecular weight excluding hydrogens is 427 g/mol. The van der Waals surface area contributed by atoms with Gasteiger partial charge in [0.25, 0.3) is 5.97 Å². The van der Waals surface area contributed by atoms with Crippen molar-refractivity contribution < 1.29 is 38.9 Å². The summed E-state index contributed by atoms with van der Waals surface area (Å²) >= 11 is 9.53. The number of esters is 3. The van der Waals surface area contributed by atoms with Gasteiger partial charge >= 0.3 is 17.9 Å². The smallest absolute Gasteiger partial charge is 0.310 e. The first kappa shape index (κ1) is 38.3. The summed E-state index contributed by atoms with van der Waals surface area (Å²) in [7, 11) is 0. The van der Waals surface area contributed by atoms with Crippen LogP contribution in [0, 0.1) is 11.8 Å². The van der Waals surface area contributed by atoms with Crippen LogP contribution in [-0.4, -0.2) is 52.6 Å². The van der Waals surface area contributed by atoms with E-state index in [0.29, 0.717) is 25.0 Å². The SMILES string of the molecule is CC(=O)O.CC(=O)OC(C)=O.CC(=O)OCCC(C)C.CC(C)CCO.ClCCl. The molecule has 0 aliphatic rings. The molecule has 0 aliphatic heterocycles. The number of carboxylic acids is 1. The number of ether oxygens (including phenoxy) is 2. The van der Waals surface area contributed by atoms with Gasteiger partial charge < -0.3 is 19.7 Å². The molecule has 0 aromatic rings. The van der Waals surface area contributed by atoms with Crippen molar-refractivity contribution in [2.45, 2.75) is 68.2 Å². The highest BCUT2D eigenvalue weighted by Crippen LogP contribution is 1.98. The molecule has 0 unspecified atom stereocenters. The summed E-state index contributed by atoms with van der Waals surface area (Å²) in [6.45, 7) is 14.2. The van der Waals surface area contributed by atoms with E-state index in [4.69, 9.17) is 42.9 Å². The van der Waals surface area contributed by atoms with Crippen LogP contribution < -0.4 is 0 Å². The molecule has 0 fully saturated rings. The summed E-state index contributed by atoms with van der Waals surface area (Å²) in [5.74, 6) is -0.880. The van der Waals surface area contributed by atoms with Gasteiger partial charge in [-0.25, -0.2) is 0 Å². The van der Waals surface area contributed by atoms with Gasteiger partial charge in [0.15, 0.2) is 0 Å². The first-order chi connectivity index (χ1) is 13.2. The highest BCUT2D eigenvalue weighted by Gasteiger charge is 1.95. The van der Waals surface area contributed by atoms with Gasteiger partial charge in [-0.1, -0.05) is 27.7 Å². The van der Waals surface area contributed by atoms with E-state index in [9.17, 15) is 14.4 Å². The molecule has 0 saturated carbocycles. The Labute approximate surface area is 184 Å². The molecule has 0 aromatic heterocycles. The second-order valence-electron chi connectivity index (χ2n) is 6.13. The Kier molecular flexibility index (Phi) is 41.3. The summed E-state index contributed by atoms with van der Waals surface area (Å²) in [5.41, 5.74) is 0. The van der Waals surface area contributed by atoms with E-state index in [1.54, 1.807) is 0 Å². The van der Waals surface area contributed by atoms with Crippen LogP contribution in [0.1, 0.15) is 68.2 Å². The number of hydrogen-bond acceptors (Lipinski definition) is 7. The molecule has 0 rings (SSSR count). The van der Waals surface area contributed by atoms with E-state index in [0.717, 1.165) is 19.8 Å². The Morgan fingerprint density at radius 2 is 1.10 bits per heavy atom. The van der Waals surface area contributed by atoms with Crippen LogP contribution in [0.25, 0.3) is 0 Å². The van der Waals surface area contributed by atoms with Crippen LogP contribution in [0.4, 0.5) is 0 Å². The second kappa shape index (κ2) is 31.3. The predicted octanol–water partition coefficient (Wildman–Crippen LogP) is 4.23. The molecule has 0 bridgehead atoms. The van der Waals surface area contributed by atoms with Crippen LogP contribution in [0.5, 0.6) is 0 Å². The van der Waals surface area contributed by atoms with Crippen molar-refractivity contribution in [3.8, 4) is 0 Å². The maximum atomic E-state index is 10.2. The molecule has 0 heterocycles. The van der Waals surface area contributed by atoms with E-state index in [2.05, 4.69) is 32.4 Å². The first-order valence-electron chi connectivity index (χ1n) is 8.92. The number of carboxylic acid groups (broad SMARTS) is 1. The number of hydrogen-bond donors (Lipinski definition) is 2. The van der Waals surface area contributed by atoms with Gasteiger partial charge in [-0.05, 0) is 24.7 Å². The summed E-state index contributed by atoms with van der Waals surface area (Å²) in [4.78, 5) is 38.8. The normalized spacial score (nSPS) is 8.45. The zero-order valence-corrected chi connectivity index (χ0v) is 20.3. The summed E-state index contributed by atoms with van der Waals surface area (Å²) in [6, 6.07) is 0. The highest BCUT2D eigenvalue weighted by atomic mass is 35.5. The molecule has 2 N–H and O–H groups in total. The Morgan fingerprint density at radius 1 is 0.793 bits per heavy atom. The van der Waals surface area contributed by atoms with Gasteiger partial charge in [-0.15, -0.1) is 23.2 Å². The lowest BCUT2D eigenvalue weighted by Crippen LogP contribution is -2.03. The third-order valence-corrected chi connectivity index (χ3v) is 1.99.